The Morgan fingerprint density at radius 1 is 1.22 bits per heavy atom. The minimum Gasteiger partial charge on any atom is -0.314 e. The van der Waals surface area contributed by atoms with Gasteiger partial charge < -0.3 is 10.2 Å². The molecule has 0 aromatic heterocycles. The van der Waals surface area contributed by atoms with Gasteiger partial charge in [-0.3, -0.25) is 4.90 Å². The Labute approximate surface area is 113 Å². The highest BCUT2D eigenvalue weighted by Crippen LogP contribution is 2.27. The molecule has 0 bridgehead atoms. The average Bonchev–Trinajstić information content (AvgIpc) is 2.85. The molecule has 0 spiro atoms. The van der Waals surface area contributed by atoms with Gasteiger partial charge in [-0.25, -0.2) is 0 Å². The molecular weight excluding hydrogens is 222 g/mol. The lowest BCUT2D eigenvalue weighted by atomic mass is 10.0. The average molecular weight is 253 g/mol. The molecule has 1 N–H and O–H groups in total. The fourth-order valence-electron chi connectivity index (χ4n) is 3.56. The van der Waals surface area contributed by atoms with Crippen LogP contribution < -0.4 is 5.32 Å². The summed E-state index contributed by atoms with van der Waals surface area (Å²) in [6.45, 7) is 6.07. The molecule has 106 valence electrons. The first-order valence-corrected chi connectivity index (χ1v) is 7.84. The van der Waals surface area contributed by atoms with Gasteiger partial charge in [-0.15, -0.1) is 0 Å². The summed E-state index contributed by atoms with van der Waals surface area (Å²) in [6, 6.07) is 2.41. The van der Waals surface area contributed by atoms with E-state index in [0.29, 0.717) is 0 Å². The Kier molecular flexibility index (Phi) is 5.46. The van der Waals surface area contributed by atoms with Gasteiger partial charge in [-0.1, -0.05) is 6.92 Å². The van der Waals surface area contributed by atoms with Gasteiger partial charge in [-0.2, -0.15) is 0 Å². The molecule has 3 atom stereocenters. The van der Waals surface area contributed by atoms with Crippen LogP contribution in [0.5, 0.6) is 0 Å². The number of likely N-dealkylation sites (tertiary alicyclic amines) is 1. The summed E-state index contributed by atoms with van der Waals surface area (Å²) in [6.07, 6.45) is 8.18. The van der Waals surface area contributed by atoms with E-state index in [1.807, 2.05) is 0 Å². The topological polar surface area (TPSA) is 18.5 Å². The molecule has 3 nitrogen and oxygen atoms in total. The van der Waals surface area contributed by atoms with Crippen molar-refractivity contribution in [3.63, 3.8) is 0 Å². The Morgan fingerprint density at radius 2 is 2.06 bits per heavy atom. The molecule has 1 aliphatic heterocycles. The van der Waals surface area contributed by atoms with Crippen molar-refractivity contribution < 1.29 is 0 Å². The molecule has 18 heavy (non-hydrogen) atoms. The minimum absolute atomic E-state index is 0.779. The summed E-state index contributed by atoms with van der Waals surface area (Å²) < 4.78 is 0. The van der Waals surface area contributed by atoms with E-state index in [4.69, 9.17) is 0 Å². The Hall–Kier alpha value is -0.120. The second-order valence-electron chi connectivity index (χ2n) is 6.37. The molecule has 0 aromatic carbocycles. The molecule has 3 unspecified atom stereocenters. The molecule has 0 amide bonds. The van der Waals surface area contributed by atoms with E-state index in [9.17, 15) is 0 Å². The number of rotatable bonds is 5. The Bertz CT molecular complexity index is 242. The molecule has 1 saturated heterocycles. The van der Waals surface area contributed by atoms with Crippen molar-refractivity contribution in [1.82, 2.24) is 15.1 Å². The molecule has 1 heterocycles. The van der Waals surface area contributed by atoms with E-state index >= 15 is 0 Å². The predicted molar refractivity (Wildman–Crippen MR) is 78.0 cm³/mol. The van der Waals surface area contributed by atoms with Gasteiger partial charge in [0, 0.05) is 24.7 Å². The van der Waals surface area contributed by atoms with Crippen LogP contribution in [0.4, 0.5) is 0 Å². The molecule has 0 aromatic rings. The minimum atomic E-state index is 0.779. The number of piperidine rings is 1. The van der Waals surface area contributed by atoms with Crippen LogP contribution in [0.2, 0.25) is 0 Å². The van der Waals surface area contributed by atoms with E-state index in [1.165, 1.54) is 58.2 Å². The van der Waals surface area contributed by atoms with E-state index in [1.54, 1.807) is 0 Å². The second-order valence-corrected chi connectivity index (χ2v) is 6.37. The summed E-state index contributed by atoms with van der Waals surface area (Å²) >= 11 is 0. The van der Waals surface area contributed by atoms with Crippen molar-refractivity contribution in [3.05, 3.63) is 0 Å². The number of nitrogens with one attached hydrogen (secondary N) is 1. The van der Waals surface area contributed by atoms with Gasteiger partial charge in [0.1, 0.15) is 0 Å². The zero-order valence-corrected chi connectivity index (χ0v) is 12.5. The lowest BCUT2D eigenvalue weighted by Crippen LogP contribution is -2.48. The first-order valence-electron chi connectivity index (χ1n) is 7.84. The van der Waals surface area contributed by atoms with Crippen molar-refractivity contribution in [2.75, 3.05) is 33.7 Å². The maximum absolute atomic E-state index is 3.70. The van der Waals surface area contributed by atoms with E-state index in [0.717, 1.165) is 18.1 Å². The molecule has 2 fully saturated rings. The molecule has 2 aliphatic rings. The summed E-state index contributed by atoms with van der Waals surface area (Å²) in [7, 11) is 4.46. The van der Waals surface area contributed by atoms with Gasteiger partial charge in [-0.05, 0) is 65.7 Å². The lowest BCUT2D eigenvalue weighted by molar-refractivity contribution is 0.0969. The van der Waals surface area contributed by atoms with Gasteiger partial charge >= 0.3 is 0 Å². The van der Waals surface area contributed by atoms with Crippen LogP contribution in [-0.2, 0) is 0 Å². The van der Waals surface area contributed by atoms with Crippen molar-refractivity contribution in [3.8, 4) is 0 Å². The second kappa shape index (κ2) is 6.88. The molecule has 2 rings (SSSR count). The number of likely N-dealkylation sites (N-methyl/N-ethyl adjacent to an activating group) is 1. The summed E-state index contributed by atoms with van der Waals surface area (Å²) in [4.78, 5) is 5.18. The highest BCUT2D eigenvalue weighted by molar-refractivity contribution is 4.90. The lowest BCUT2D eigenvalue weighted by Gasteiger charge is -2.39. The maximum atomic E-state index is 3.70. The summed E-state index contributed by atoms with van der Waals surface area (Å²) in [5.41, 5.74) is 0. The third-order valence-electron chi connectivity index (χ3n) is 4.76. The molecule has 0 radical (unpaired) electrons. The molecular formula is C15H31N3. The SMILES string of the molecule is CCCNC1CCC(N2CCCC(N(C)C)C2)C1. The van der Waals surface area contributed by atoms with Crippen LogP contribution in [0.1, 0.15) is 45.4 Å². The van der Waals surface area contributed by atoms with E-state index < -0.39 is 0 Å². The van der Waals surface area contributed by atoms with Crippen molar-refractivity contribution in [1.29, 1.82) is 0 Å². The van der Waals surface area contributed by atoms with Gasteiger partial charge in [0.15, 0.2) is 0 Å². The predicted octanol–water partition coefficient (Wildman–Crippen LogP) is 1.93. The maximum Gasteiger partial charge on any atom is 0.0217 e. The first-order chi connectivity index (χ1) is 8.70. The van der Waals surface area contributed by atoms with Crippen LogP contribution in [0.15, 0.2) is 0 Å². The van der Waals surface area contributed by atoms with Crippen LogP contribution in [-0.4, -0.2) is 61.7 Å². The van der Waals surface area contributed by atoms with Crippen molar-refractivity contribution >= 4 is 0 Å². The van der Waals surface area contributed by atoms with Crippen LogP contribution in [0, 0.1) is 0 Å². The van der Waals surface area contributed by atoms with Gasteiger partial charge in [0.25, 0.3) is 0 Å². The number of hydrogen-bond acceptors (Lipinski definition) is 3. The Balaban J connectivity index is 1.78. The normalized spacial score (nSPS) is 34.3. The number of nitrogens with zero attached hydrogens (tertiary/aromatic N) is 2. The molecule has 3 heteroatoms. The smallest absolute Gasteiger partial charge is 0.0217 e. The monoisotopic (exact) mass is 253 g/mol. The van der Waals surface area contributed by atoms with Gasteiger partial charge in [0.05, 0.1) is 0 Å². The fraction of sp³-hybridized carbons (Fsp3) is 1.00. The van der Waals surface area contributed by atoms with E-state index in [-0.39, 0.29) is 0 Å². The fourth-order valence-corrected chi connectivity index (χ4v) is 3.56. The van der Waals surface area contributed by atoms with Crippen LogP contribution >= 0.6 is 0 Å². The van der Waals surface area contributed by atoms with Crippen molar-refractivity contribution in [2.24, 2.45) is 0 Å². The van der Waals surface area contributed by atoms with Gasteiger partial charge in [0.2, 0.25) is 0 Å². The third-order valence-corrected chi connectivity index (χ3v) is 4.76. The highest BCUT2D eigenvalue weighted by atomic mass is 15.2. The molecule has 1 aliphatic carbocycles. The Morgan fingerprint density at radius 3 is 2.78 bits per heavy atom. The highest BCUT2D eigenvalue weighted by Gasteiger charge is 2.32. The first kappa shape index (κ1) is 14.3. The van der Waals surface area contributed by atoms with Crippen LogP contribution in [0.25, 0.3) is 0 Å². The standard InChI is InChI=1S/C15H31N3/c1-4-9-16-13-7-8-14(11-13)18-10-5-6-15(12-18)17(2)3/h13-16H,4-12H2,1-3H3. The zero-order chi connectivity index (χ0) is 13.0. The van der Waals surface area contributed by atoms with Crippen molar-refractivity contribution in [2.45, 2.75) is 63.6 Å². The number of hydrogen-bond donors (Lipinski definition) is 1. The molecule has 1 saturated carbocycles. The van der Waals surface area contributed by atoms with Crippen LogP contribution in [0.3, 0.4) is 0 Å². The quantitative estimate of drug-likeness (QED) is 0.808. The summed E-state index contributed by atoms with van der Waals surface area (Å²) in [5, 5.41) is 3.70. The third kappa shape index (κ3) is 3.69. The summed E-state index contributed by atoms with van der Waals surface area (Å²) in [5.74, 6) is 0. The van der Waals surface area contributed by atoms with E-state index in [2.05, 4.69) is 36.1 Å². The largest absolute Gasteiger partial charge is 0.314 e. The zero-order valence-electron chi connectivity index (χ0n) is 12.5.